The number of thiophene rings is 1. The van der Waals surface area contributed by atoms with Crippen molar-refractivity contribution in [3.05, 3.63) is 26.9 Å². The lowest BCUT2D eigenvalue weighted by Crippen LogP contribution is -2.13. The molecule has 0 saturated heterocycles. The van der Waals surface area contributed by atoms with Crippen LogP contribution in [-0.2, 0) is 0 Å². The zero-order valence-electron chi connectivity index (χ0n) is 7.35. The van der Waals surface area contributed by atoms with Gasteiger partial charge in [0, 0.05) is 4.88 Å². The van der Waals surface area contributed by atoms with Crippen LogP contribution < -0.4 is 5.32 Å². The molecule has 13 heavy (non-hydrogen) atoms. The minimum Gasteiger partial charge on any atom is -0.316 e. The molecule has 3 heteroatoms. The summed E-state index contributed by atoms with van der Waals surface area (Å²) in [6, 6.07) is 4.32. The van der Waals surface area contributed by atoms with Crippen LogP contribution in [0.4, 0.5) is 0 Å². The lowest BCUT2D eigenvalue weighted by molar-refractivity contribution is 0.718. The van der Waals surface area contributed by atoms with E-state index >= 15 is 0 Å². The van der Waals surface area contributed by atoms with Crippen LogP contribution in [-0.4, -0.2) is 13.1 Å². The molecule has 1 N–H and O–H groups in total. The number of halogens is 1. The third-order valence-electron chi connectivity index (χ3n) is 2.17. The van der Waals surface area contributed by atoms with E-state index in [9.17, 15) is 0 Å². The van der Waals surface area contributed by atoms with Crippen LogP contribution in [0.15, 0.2) is 22.0 Å². The second-order valence-corrected chi connectivity index (χ2v) is 5.58. The molecule has 0 amide bonds. The van der Waals surface area contributed by atoms with Crippen molar-refractivity contribution in [2.45, 2.75) is 12.8 Å². The minimum atomic E-state index is 1.11. The third kappa shape index (κ3) is 2.42. The maximum Gasteiger partial charge on any atom is 0.0704 e. The third-order valence-corrected chi connectivity index (χ3v) is 3.87. The molecule has 0 spiro atoms. The van der Waals surface area contributed by atoms with Gasteiger partial charge in [-0.15, -0.1) is 11.3 Å². The predicted molar refractivity (Wildman–Crippen MR) is 62.1 cm³/mol. The Bertz CT molecular complexity index is 316. The molecular weight excluding hydrogens is 246 g/mol. The summed E-state index contributed by atoms with van der Waals surface area (Å²) in [4.78, 5) is 1.41. The highest BCUT2D eigenvalue weighted by molar-refractivity contribution is 9.11. The molecule has 0 radical (unpaired) electrons. The molecule has 1 aromatic heterocycles. The van der Waals surface area contributed by atoms with Gasteiger partial charge in [-0.05, 0) is 59.6 Å². The fourth-order valence-corrected chi connectivity index (χ4v) is 2.96. The quantitative estimate of drug-likeness (QED) is 0.815. The average molecular weight is 258 g/mol. The van der Waals surface area contributed by atoms with Crippen molar-refractivity contribution in [1.29, 1.82) is 0 Å². The average Bonchev–Trinajstić information content (AvgIpc) is 2.43. The summed E-state index contributed by atoms with van der Waals surface area (Å²) >= 11 is 5.32. The van der Waals surface area contributed by atoms with Crippen LogP contribution in [0.25, 0.3) is 5.57 Å². The van der Waals surface area contributed by atoms with Gasteiger partial charge >= 0.3 is 0 Å². The molecule has 1 aliphatic rings. The zero-order chi connectivity index (χ0) is 9.10. The van der Waals surface area contributed by atoms with Gasteiger partial charge < -0.3 is 5.32 Å². The van der Waals surface area contributed by atoms with Crippen molar-refractivity contribution in [2.75, 3.05) is 13.1 Å². The van der Waals surface area contributed by atoms with E-state index in [2.05, 4.69) is 39.5 Å². The molecule has 0 unspecified atom stereocenters. The highest BCUT2D eigenvalue weighted by Crippen LogP contribution is 2.30. The first-order valence-electron chi connectivity index (χ1n) is 4.52. The number of nitrogens with one attached hydrogen (secondary N) is 1. The van der Waals surface area contributed by atoms with E-state index in [-0.39, 0.29) is 0 Å². The van der Waals surface area contributed by atoms with Crippen LogP contribution in [0, 0.1) is 0 Å². The predicted octanol–water partition coefficient (Wildman–Crippen LogP) is 3.28. The summed E-state index contributed by atoms with van der Waals surface area (Å²) in [5.41, 5.74) is 1.50. The molecule has 70 valence electrons. The van der Waals surface area contributed by atoms with Crippen molar-refractivity contribution in [2.24, 2.45) is 0 Å². The summed E-state index contributed by atoms with van der Waals surface area (Å²) in [6.45, 7) is 2.23. The second-order valence-electron chi connectivity index (χ2n) is 3.12. The molecule has 0 saturated carbocycles. The topological polar surface area (TPSA) is 12.0 Å². The highest BCUT2D eigenvalue weighted by Gasteiger charge is 2.06. The smallest absolute Gasteiger partial charge is 0.0704 e. The lowest BCUT2D eigenvalue weighted by atomic mass is 10.1. The first-order chi connectivity index (χ1) is 6.36. The molecule has 1 nitrogen and oxygen atoms in total. The normalized spacial score (nSPS) is 18.1. The Morgan fingerprint density at radius 1 is 1.31 bits per heavy atom. The van der Waals surface area contributed by atoms with Gasteiger partial charge in [-0.2, -0.15) is 0 Å². The van der Waals surface area contributed by atoms with E-state index in [1.54, 1.807) is 0 Å². The van der Waals surface area contributed by atoms with Gasteiger partial charge in [-0.25, -0.2) is 0 Å². The number of hydrogen-bond donors (Lipinski definition) is 1. The molecule has 1 aliphatic heterocycles. The Labute approximate surface area is 91.0 Å². The Morgan fingerprint density at radius 2 is 2.23 bits per heavy atom. The van der Waals surface area contributed by atoms with E-state index in [1.807, 2.05) is 11.3 Å². The van der Waals surface area contributed by atoms with Crippen LogP contribution >= 0.6 is 27.3 Å². The standard InChI is InChI=1S/C10H12BrNS/c11-10-4-3-9(13-10)8-2-1-6-12-7-5-8/h2-4,12H,1,5-7H2. The van der Waals surface area contributed by atoms with E-state index in [4.69, 9.17) is 0 Å². The van der Waals surface area contributed by atoms with Crippen molar-refractivity contribution >= 4 is 32.8 Å². The van der Waals surface area contributed by atoms with Crippen LogP contribution in [0.5, 0.6) is 0 Å². The van der Waals surface area contributed by atoms with E-state index in [0.29, 0.717) is 0 Å². The highest BCUT2D eigenvalue weighted by atomic mass is 79.9. The van der Waals surface area contributed by atoms with Crippen molar-refractivity contribution in [3.8, 4) is 0 Å². The van der Waals surface area contributed by atoms with Gasteiger partial charge in [0.05, 0.1) is 3.79 Å². The summed E-state index contributed by atoms with van der Waals surface area (Å²) in [5.74, 6) is 0. The second kappa shape index (κ2) is 4.40. The van der Waals surface area contributed by atoms with Gasteiger partial charge in [-0.1, -0.05) is 6.08 Å². The molecular formula is C10H12BrNS. The Kier molecular flexibility index (Phi) is 3.19. The van der Waals surface area contributed by atoms with E-state index in [0.717, 1.165) is 25.9 Å². The van der Waals surface area contributed by atoms with Gasteiger partial charge in [0.25, 0.3) is 0 Å². The fourth-order valence-electron chi connectivity index (χ4n) is 1.51. The Hall–Kier alpha value is -0.120. The van der Waals surface area contributed by atoms with Gasteiger partial charge in [0.1, 0.15) is 0 Å². The summed E-state index contributed by atoms with van der Waals surface area (Å²) in [7, 11) is 0. The summed E-state index contributed by atoms with van der Waals surface area (Å²) in [5, 5.41) is 3.39. The minimum absolute atomic E-state index is 1.11. The van der Waals surface area contributed by atoms with Crippen LogP contribution in [0.2, 0.25) is 0 Å². The Balaban J connectivity index is 2.19. The molecule has 1 aromatic rings. The van der Waals surface area contributed by atoms with Gasteiger partial charge in [0.2, 0.25) is 0 Å². The molecule has 0 aliphatic carbocycles. The number of hydrogen-bond acceptors (Lipinski definition) is 2. The van der Waals surface area contributed by atoms with Crippen molar-refractivity contribution in [3.63, 3.8) is 0 Å². The first-order valence-corrected chi connectivity index (χ1v) is 6.12. The largest absolute Gasteiger partial charge is 0.316 e. The van der Waals surface area contributed by atoms with E-state index < -0.39 is 0 Å². The number of rotatable bonds is 1. The van der Waals surface area contributed by atoms with E-state index in [1.165, 1.54) is 14.2 Å². The molecule has 0 bridgehead atoms. The maximum atomic E-state index is 3.49. The molecule has 0 aromatic carbocycles. The SMILES string of the molecule is Brc1ccc(C2=CCCNCC2)s1. The molecule has 0 fully saturated rings. The lowest BCUT2D eigenvalue weighted by Gasteiger charge is -2.00. The van der Waals surface area contributed by atoms with Gasteiger partial charge in [-0.3, -0.25) is 0 Å². The van der Waals surface area contributed by atoms with Crippen molar-refractivity contribution in [1.82, 2.24) is 5.32 Å². The Morgan fingerprint density at radius 3 is 3.00 bits per heavy atom. The van der Waals surface area contributed by atoms with Crippen LogP contribution in [0.1, 0.15) is 17.7 Å². The first kappa shape index (κ1) is 9.44. The molecule has 2 rings (SSSR count). The van der Waals surface area contributed by atoms with Crippen molar-refractivity contribution < 1.29 is 0 Å². The summed E-state index contributed by atoms with van der Waals surface area (Å²) in [6.07, 6.45) is 4.68. The molecule has 0 atom stereocenters. The zero-order valence-corrected chi connectivity index (χ0v) is 9.75. The monoisotopic (exact) mass is 257 g/mol. The fraction of sp³-hybridized carbons (Fsp3) is 0.400. The molecule has 2 heterocycles. The van der Waals surface area contributed by atoms with Crippen LogP contribution in [0.3, 0.4) is 0 Å². The maximum absolute atomic E-state index is 3.49. The van der Waals surface area contributed by atoms with Gasteiger partial charge in [0.15, 0.2) is 0 Å². The summed E-state index contributed by atoms with van der Waals surface area (Å²) < 4.78 is 1.22.